The van der Waals surface area contributed by atoms with Crippen LogP contribution in [-0.2, 0) is 6.54 Å². The largest absolute Gasteiger partial charge is 0.344 e. The maximum Gasteiger partial charge on any atom is 0.274 e. The first-order chi connectivity index (χ1) is 11.2. The topological polar surface area (TPSA) is 63.1 Å². The van der Waals surface area contributed by atoms with E-state index < -0.39 is 0 Å². The van der Waals surface area contributed by atoms with Crippen molar-refractivity contribution in [1.29, 1.82) is 0 Å². The monoisotopic (exact) mass is 317 g/mol. The van der Waals surface area contributed by atoms with Gasteiger partial charge in [-0.3, -0.25) is 4.79 Å². The van der Waals surface area contributed by atoms with Crippen LogP contribution in [0.5, 0.6) is 0 Å². The van der Waals surface area contributed by atoms with Crippen molar-refractivity contribution in [3.05, 3.63) is 11.4 Å². The van der Waals surface area contributed by atoms with Gasteiger partial charge in [0, 0.05) is 19.6 Å². The molecule has 1 aliphatic carbocycles. The normalized spacial score (nSPS) is 30.7. The minimum atomic E-state index is -0.0380. The number of aromatic nitrogens is 3. The van der Waals surface area contributed by atoms with Gasteiger partial charge < -0.3 is 10.2 Å². The summed E-state index contributed by atoms with van der Waals surface area (Å²) in [7, 11) is 0. The first-order valence-corrected chi connectivity index (χ1v) is 9.10. The quantitative estimate of drug-likeness (QED) is 0.919. The molecule has 0 spiro atoms. The standard InChI is InChI=1S/C17H27N5O/c1-13-15(19-20-22(13)11-14-5-2-3-6-14)16(23)18-17-7-4-9-21(12-17)10-8-17/h14H,2-12H2,1H3,(H,18,23). The zero-order chi connectivity index (χ0) is 15.9. The van der Waals surface area contributed by atoms with E-state index in [-0.39, 0.29) is 11.4 Å². The third-order valence-electron chi connectivity index (χ3n) is 6.04. The lowest BCUT2D eigenvalue weighted by atomic mass is 9.90. The Morgan fingerprint density at radius 2 is 2.09 bits per heavy atom. The van der Waals surface area contributed by atoms with Gasteiger partial charge in [-0.25, -0.2) is 4.68 Å². The molecule has 1 N–H and O–H groups in total. The SMILES string of the molecule is Cc1c(C(=O)NC23CCCN(CC2)C3)nnn1CC1CCCC1. The third kappa shape index (κ3) is 2.89. The average Bonchev–Trinajstić information content (AvgIpc) is 3.23. The van der Waals surface area contributed by atoms with Crippen LogP contribution in [0.15, 0.2) is 0 Å². The number of rotatable bonds is 4. The van der Waals surface area contributed by atoms with Gasteiger partial charge in [0.25, 0.3) is 5.91 Å². The molecule has 1 aromatic rings. The third-order valence-corrected chi connectivity index (χ3v) is 6.04. The average molecular weight is 317 g/mol. The highest BCUT2D eigenvalue weighted by Gasteiger charge is 2.42. The summed E-state index contributed by atoms with van der Waals surface area (Å²) < 4.78 is 1.93. The Bertz CT molecular complexity index is 588. The summed E-state index contributed by atoms with van der Waals surface area (Å²) in [6.07, 6.45) is 8.53. The number of nitrogens with one attached hydrogen (secondary N) is 1. The molecule has 1 saturated carbocycles. The molecule has 4 rings (SSSR count). The molecule has 1 aromatic heterocycles. The van der Waals surface area contributed by atoms with Gasteiger partial charge in [-0.15, -0.1) is 5.10 Å². The van der Waals surface area contributed by atoms with Crippen molar-refractivity contribution < 1.29 is 4.79 Å². The van der Waals surface area contributed by atoms with Gasteiger partial charge in [-0.1, -0.05) is 18.1 Å². The number of piperidine rings is 1. The van der Waals surface area contributed by atoms with E-state index in [1.54, 1.807) is 0 Å². The number of hydrogen-bond donors (Lipinski definition) is 1. The van der Waals surface area contributed by atoms with E-state index in [2.05, 4.69) is 20.5 Å². The number of carbonyl (C=O) groups is 1. The van der Waals surface area contributed by atoms with Crippen LogP contribution in [0.1, 0.15) is 61.1 Å². The lowest BCUT2D eigenvalue weighted by Gasteiger charge is -2.34. The highest BCUT2D eigenvalue weighted by molar-refractivity contribution is 5.93. The highest BCUT2D eigenvalue weighted by Crippen LogP contribution is 2.31. The minimum absolute atomic E-state index is 0.0307. The van der Waals surface area contributed by atoms with Gasteiger partial charge >= 0.3 is 0 Å². The van der Waals surface area contributed by atoms with Crippen LogP contribution in [0.4, 0.5) is 0 Å². The predicted octanol–water partition coefficient (Wildman–Crippen LogP) is 1.74. The van der Waals surface area contributed by atoms with E-state index in [1.165, 1.54) is 38.6 Å². The number of carbonyl (C=O) groups excluding carboxylic acids is 1. The van der Waals surface area contributed by atoms with Gasteiger partial charge in [0.05, 0.1) is 11.2 Å². The van der Waals surface area contributed by atoms with E-state index >= 15 is 0 Å². The van der Waals surface area contributed by atoms with Crippen LogP contribution in [0, 0.1) is 12.8 Å². The smallest absolute Gasteiger partial charge is 0.274 e. The molecule has 6 nitrogen and oxygen atoms in total. The number of fused-ring (bicyclic) bond motifs is 2. The second-order valence-corrected chi connectivity index (χ2v) is 7.72. The van der Waals surface area contributed by atoms with Gasteiger partial charge in [0.1, 0.15) is 0 Å². The molecule has 126 valence electrons. The fourth-order valence-corrected chi connectivity index (χ4v) is 4.64. The van der Waals surface area contributed by atoms with Gasteiger partial charge in [-0.2, -0.15) is 0 Å². The predicted molar refractivity (Wildman–Crippen MR) is 87.2 cm³/mol. The molecule has 6 heteroatoms. The van der Waals surface area contributed by atoms with E-state index in [0.29, 0.717) is 11.6 Å². The summed E-state index contributed by atoms with van der Waals surface area (Å²) in [5.41, 5.74) is 1.40. The molecular formula is C17H27N5O. The van der Waals surface area contributed by atoms with Crippen molar-refractivity contribution in [2.24, 2.45) is 5.92 Å². The van der Waals surface area contributed by atoms with Gasteiger partial charge in [0.15, 0.2) is 5.69 Å². The van der Waals surface area contributed by atoms with Crippen molar-refractivity contribution in [3.8, 4) is 0 Å². The summed E-state index contributed by atoms with van der Waals surface area (Å²) in [5, 5.41) is 11.7. The summed E-state index contributed by atoms with van der Waals surface area (Å²) in [5.74, 6) is 0.663. The minimum Gasteiger partial charge on any atom is -0.344 e. The second kappa shape index (κ2) is 5.89. The van der Waals surface area contributed by atoms with E-state index in [4.69, 9.17) is 0 Å². The van der Waals surface area contributed by atoms with Gasteiger partial charge in [0.2, 0.25) is 0 Å². The second-order valence-electron chi connectivity index (χ2n) is 7.72. The Labute approximate surface area is 137 Å². The van der Waals surface area contributed by atoms with Crippen molar-refractivity contribution >= 4 is 5.91 Å². The molecular weight excluding hydrogens is 290 g/mol. The van der Waals surface area contributed by atoms with Crippen LogP contribution in [0.2, 0.25) is 0 Å². The Morgan fingerprint density at radius 1 is 1.26 bits per heavy atom. The zero-order valence-corrected chi connectivity index (χ0v) is 14.1. The molecule has 3 heterocycles. The first-order valence-electron chi connectivity index (χ1n) is 9.10. The van der Waals surface area contributed by atoms with E-state index in [0.717, 1.165) is 38.2 Å². The molecule has 2 atom stereocenters. The number of nitrogens with zero attached hydrogens (tertiary/aromatic N) is 4. The van der Waals surface area contributed by atoms with Crippen LogP contribution in [0.25, 0.3) is 0 Å². The molecule has 3 aliphatic rings. The van der Waals surface area contributed by atoms with Crippen molar-refractivity contribution in [3.63, 3.8) is 0 Å². The summed E-state index contributed by atoms with van der Waals surface area (Å²) in [4.78, 5) is 15.2. The van der Waals surface area contributed by atoms with E-state index in [1.807, 2.05) is 11.6 Å². The van der Waals surface area contributed by atoms with Crippen molar-refractivity contribution in [2.45, 2.75) is 64.0 Å². The molecule has 23 heavy (non-hydrogen) atoms. The zero-order valence-electron chi connectivity index (χ0n) is 14.1. The lowest BCUT2D eigenvalue weighted by molar-refractivity contribution is 0.0871. The Kier molecular flexibility index (Phi) is 3.87. The summed E-state index contributed by atoms with van der Waals surface area (Å²) in [6.45, 7) is 6.16. The lowest BCUT2D eigenvalue weighted by Crippen LogP contribution is -2.53. The van der Waals surface area contributed by atoms with Crippen molar-refractivity contribution in [1.82, 2.24) is 25.2 Å². The van der Waals surface area contributed by atoms with Crippen LogP contribution in [-0.4, -0.2) is 51.0 Å². The fraction of sp³-hybridized carbons (Fsp3) is 0.824. The number of amides is 1. The summed E-state index contributed by atoms with van der Waals surface area (Å²) in [6, 6.07) is 0. The highest BCUT2D eigenvalue weighted by atomic mass is 16.2. The Morgan fingerprint density at radius 3 is 2.91 bits per heavy atom. The fourth-order valence-electron chi connectivity index (χ4n) is 4.64. The van der Waals surface area contributed by atoms with E-state index in [9.17, 15) is 4.79 Å². The summed E-state index contributed by atoms with van der Waals surface area (Å²) >= 11 is 0. The Hall–Kier alpha value is -1.43. The van der Waals surface area contributed by atoms with Crippen LogP contribution in [0.3, 0.4) is 0 Å². The molecule has 0 radical (unpaired) electrons. The first kappa shape index (κ1) is 15.1. The molecule has 0 aromatic carbocycles. The van der Waals surface area contributed by atoms with Gasteiger partial charge in [-0.05, 0) is 51.5 Å². The van der Waals surface area contributed by atoms with Crippen LogP contribution < -0.4 is 5.32 Å². The molecule has 2 bridgehead atoms. The maximum absolute atomic E-state index is 12.7. The molecule has 2 unspecified atom stereocenters. The van der Waals surface area contributed by atoms with Crippen LogP contribution >= 0.6 is 0 Å². The molecule has 2 aliphatic heterocycles. The molecule has 3 fully saturated rings. The van der Waals surface area contributed by atoms with Crippen molar-refractivity contribution in [2.75, 3.05) is 19.6 Å². The molecule has 2 saturated heterocycles. The maximum atomic E-state index is 12.7. The number of hydrogen-bond acceptors (Lipinski definition) is 4. The molecule has 1 amide bonds. The Balaban J connectivity index is 1.45.